The number of aryl methyl sites for hydroxylation is 2. The monoisotopic (exact) mass is 290 g/mol. The first-order valence-electron chi connectivity index (χ1n) is 6.06. The predicted octanol–water partition coefficient (Wildman–Crippen LogP) is 0.456. The average molecular weight is 290 g/mol. The number of aromatic amines is 1. The number of rotatable bonds is 3. The van der Waals surface area contributed by atoms with Crippen LogP contribution in [-0.2, 0) is 11.8 Å². The molecule has 2 aromatic heterocycles. The number of nitrogens with one attached hydrogen (secondary N) is 2. The van der Waals surface area contributed by atoms with Gasteiger partial charge in [-0.05, 0) is 19.1 Å². The van der Waals surface area contributed by atoms with Crippen LogP contribution in [-0.4, -0.2) is 33.8 Å². The molecule has 0 aliphatic rings. The SMILES string of the molecule is COC(=O)c1cc(NC(=O)c2ccc(C)[nH]c2=O)nn1C. The van der Waals surface area contributed by atoms with Gasteiger partial charge in [-0.15, -0.1) is 0 Å². The third-order valence-electron chi connectivity index (χ3n) is 2.82. The van der Waals surface area contributed by atoms with Crippen molar-refractivity contribution in [2.45, 2.75) is 6.92 Å². The summed E-state index contributed by atoms with van der Waals surface area (Å²) in [5, 5.41) is 6.42. The van der Waals surface area contributed by atoms with Crippen molar-refractivity contribution in [1.82, 2.24) is 14.8 Å². The number of H-pyrrole nitrogens is 1. The van der Waals surface area contributed by atoms with Crippen LogP contribution in [0.5, 0.6) is 0 Å². The summed E-state index contributed by atoms with van der Waals surface area (Å²) in [6, 6.07) is 4.41. The minimum absolute atomic E-state index is 0.0362. The fraction of sp³-hybridized carbons (Fsp3) is 0.231. The van der Waals surface area contributed by atoms with E-state index in [0.29, 0.717) is 5.69 Å². The molecular formula is C13H14N4O4. The highest BCUT2D eigenvalue weighted by Gasteiger charge is 2.16. The molecule has 0 bridgehead atoms. The smallest absolute Gasteiger partial charge is 0.356 e. The van der Waals surface area contributed by atoms with Gasteiger partial charge in [0.05, 0.1) is 7.11 Å². The summed E-state index contributed by atoms with van der Waals surface area (Å²) < 4.78 is 5.86. The number of pyridine rings is 1. The average Bonchev–Trinajstić information content (AvgIpc) is 2.78. The number of ether oxygens (including phenoxy) is 1. The van der Waals surface area contributed by atoms with Crippen LogP contribution in [0.15, 0.2) is 23.0 Å². The van der Waals surface area contributed by atoms with Gasteiger partial charge in [-0.2, -0.15) is 5.10 Å². The second-order valence-corrected chi connectivity index (χ2v) is 4.37. The molecule has 2 rings (SSSR count). The highest BCUT2D eigenvalue weighted by atomic mass is 16.5. The summed E-state index contributed by atoms with van der Waals surface area (Å²) in [4.78, 5) is 37.7. The fourth-order valence-corrected chi connectivity index (χ4v) is 1.76. The third-order valence-corrected chi connectivity index (χ3v) is 2.82. The Kier molecular flexibility index (Phi) is 3.88. The molecule has 0 spiro atoms. The Morgan fingerprint density at radius 1 is 1.38 bits per heavy atom. The van der Waals surface area contributed by atoms with Crippen LogP contribution < -0.4 is 10.9 Å². The van der Waals surface area contributed by atoms with Gasteiger partial charge >= 0.3 is 5.97 Å². The molecule has 21 heavy (non-hydrogen) atoms. The van der Waals surface area contributed by atoms with Crippen LogP contribution in [0.1, 0.15) is 26.5 Å². The van der Waals surface area contributed by atoms with Crippen LogP contribution >= 0.6 is 0 Å². The molecule has 8 nitrogen and oxygen atoms in total. The second kappa shape index (κ2) is 5.61. The molecule has 0 saturated carbocycles. The Labute approximate surface area is 119 Å². The molecule has 2 heterocycles. The first-order chi connectivity index (χ1) is 9.92. The maximum Gasteiger partial charge on any atom is 0.356 e. The van der Waals surface area contributed by atoms with Crippen molar-refractivity contribution in [1.29, 1.82) is 0 Å². The molecular weight excluding hydrogens is 276 g/mol. The third kappa shape index (κ3) is 2.99. The number of hydrogen-bond donors (Lipinski definition) is 2. The van der Waals surface area contributed by atoms with Gasteiger partial charge < -0.3 is 15.0 Å². The lowest BCUT2D eigenvalue weighted by Gasteiger charge is -2.01. The van der Waals surface area contributed by atoms with Gasteiger partial charge in [0.25, 0.3) is 11.5 Å². The van der Waals surface area contributed by atoms with Crippen LogP contribution in [0.3, 0.4) is 0 Å². The number of carbonyl (C=O) groups is 2. The number of methoxy groups -OCH3 is 1. The van der Waals surface area contributed by atoms with E-state index in [1.807, 2.05) is 0 Å². The molecule has 0 aliphatic heterocycles. The van der Waals surface area contributed by atoms with Crippen molar-refractivity contribution in [3.8, 4) is 0 Å². The number of esters is 1. The van der Waals surface area contributed by atoms with Gasteiger partial charge in [-0.1, -0.05) is 0 Å². The molecule has 0 unspecified atom stereocenters. The van der Waals surface area contributed by atoms with Crippen LogP contribution in [0.25, 0.3) is 0 Å². The van der Waals surface area contributed by atoms with Crippen molar-refractivity contribution in [2.75, 3.05) is 12.4 Å². The number of amides is 1. The van der Waals surface area contributed by atoms with E-state index in [4.69, 9.17) is 0 Å². The van der Waals surface area contributed by atoms with E-state index in [0.717, 1.165) is 0 Å². The fourth-order valence-electron chi connectivity index (χ4n) is 1.76. The van der Waals surface area contributed by atoms with E-state index in [1.54, 1.807) is 20.0 Å². The number of hydrogen-bond acceptors (Lipinski definition) is 5. The van der Waals surface area contributed by atoms with Crippen molar-refractivity contribution in [3.63, 3.8) is 0 Å². The van der Waals surface area contributed by atoms with Crippen LogP contribution in [0.4, 0.5) is 5.82 Å². The largest absolute Gasteiger partial charge is 0.464 e. The minimum Gasteiger partial charge on any atom is -0.464 e. The maximum atomic E-state index is 12.0. The zero-order valence-corrected chi connectivity index (χ0v) is 11.8. The van der Waals surface area contributed by atoms with Gasteiger partial charge in [-0.25, -0.2) is 4.79 Å². The molecule has 0 saturated heterocycles. The topological polar surface area (TPSA) is 106 Å². The second-order valence-electron chi connectivity index (χ2n) is 4.37. The highest BCUT2D eigenvalue weighted by Crippen LogP contribution is 2.10. The molecule has 2 aromatic rings. The lowest BCUT2D eigenvalue weighted by atomic mass is 10.2. The van der Waals surface area contributed by atoms with E-state index < -0.39 is 17.4 Å². The van der Waals surface area contributed by atoms with Crippen molar-refractivity contribution in [3.05, 3.63) is 45.5 Å². The van der Waals surface area contributed by atoms with Gasteiger partial charge in [0.1, 0.15) is 11.3 Å². The van der Waals surface area contributed by atoms with Crippen LogP contribution in [0.2, 0.25) is 0 Å². The minimum atomic E-state index is -0.606. The standard InChI is InChI=1S/C13H14N4O4/c1-7-4-5-8(11(18)14-7)12(19)15-10-6-9(13(20)21-3)17(2)16-10/h4-6H,1-3H3,(H,14,18)(H,15,16,19). The zero-order valence-electron chi connectivity index (χ0n) is 11.8. The summed E-state index contributed by atoms with van der Waals surface area (Å²) in [5.74, 6) is -1.02. The summed E-state index contributed by atoms with van der Waals surface area (Å²) in [5.41, 5.74) is 0.315. The summed E-state index contributed by atoms with van der Waals surface area (Å²) >= 11 is 0. The lowest BCUT2D eigenvalue weighted by molar-refractivity contribution is 0.0588. The molecule has 0 aromatic carbocycles. The quantitative estimate of drug-likeness (QED) is 0.798. The predicted molar refractivity (Wildman–Crippen MR) is 74.3 cm³/mol. The van der Waals surface area contributed by atoms with Gasteiger partial charge in [0.15, 0.2) is 5.82 Å². The molecule has 0 fully saturated rings. The zero-order chi connectivity index (χ0) is 15.6. The van der Waals surface area contributed by atoms with Crippen molar-refractivity contribution < 1.29 is 14.3 Å². The van der Waals surface area contributed by atoms with Crippen molar-refractivity contribution >= 4 is 17.7 Å². The van der Waals surface area contributed by atoms with Gasteiger partial charge in [-0.3, -0.25) is 14.3 Å². The number of anilines is 1. The Balaban J connectivity index is 2.24. The summed E-state index contributed by atoms with van der Waals surface area (Å²) in [6.07, 6.45) is 0. The van der Waals surface area contributed by atoms with E-state index in [1.165, 1.54) is 23.9 Å². The Morgan fingerprint density at radius 3 is 2.71 bits per heavy atom. The number of aromatic nitrogens is 3. The summed E-state index contributed by atoms with van der Waals surface area (Å²) in [6.45, 7) is 1.71. The van der Waals surface area contributed by atoms with Gasteiger partial charge in [0, 0.05) is 18.8 Å². The maximum absolute atomic E-state index is 12.0. The Bertz CT molecular complexity index is 760. The first kappa shape index (κ1) is 14.5. The lowest BCUT2D eigenvalue weighted by Crippen LogP contribution is -2.23. The first-order valence-corrected chi connectivity index (χ1v) is 6.06. The van der Waals surface area contributed by atoms with Crippen molar-refractivity contribution in [2.24, 2.45) is 7.05 Å². The summed E-state index contributed by atoms with van der Waals surface area (Å²) in [7, 11) is 2.79. The number of nitrogens with zero attached hydrogens (tertiary/aromatic N) is 2. The van der Waals surface area contributed by atoms with Crippen LogP contribution in [0, 0.1) is 6.92 Å². The van der Waals surface area contributed by atoms with E-state index >= 15 is 0 Å². The molecule has 2 N–H and O–H groups in total. The Hall–Kier alpha value is -2.90. The highest BCUT2D eigenvalue weighted by molar-refractivity contribution is 6.04. The van der Waals surface area contributed by atoms with E-state index in [-0.39, 0.29) is 17.1 Å². The molecule has 0 aliphatic carbocycles. The Morgan fingerprint density at radius 2 is 2.10 bits per heavy atom. The normalized spacial score (nSPS) is 10.2. The molecule has 1 amide bonds. The molecule has 0 radical (unpaired) electrons. The number of carbonyl (C=O) groups excluding carboxylic acids is 2. The molecule has 8 heteroatoms. The van der Waals surface area contributed by atoms with Gasteiger partial charge in [0.2, 0.25) is 0 Å². The molecule has 110 valence electrons. The van der Waals surface area contributed by atoms with E-state index in [9.17, 15) is 14.4 Å². The van der Waals surface area contributed by atoms with E-state index in [2.05, 4.69) is 20.1 Å². The molecule has 0 atom stereocenters.